The Hall–Kier alpha value is -3.59. The van der Waals surface area contributed by atoms with Crippen molar-refractivity contribution in [1.82, 2.24) is 0 Å². The number of primary amides is 1. The predicted octanol–water partition coefficient (Wildman–Crippen LogP) is 3.43. The number of rotatable bonds is 6. The monoisotopic (exact) mass is 364 g/mol. The fourth-order valence-corrected chi connectivity index (χ4v) is 2.35. The Kier molecular flexibility index (Phi) is 6.34. The molecule has 0 aliphatic heterocycles. The topological polar surface area (TPSA) is 102 Å². The quantitative estimate of drug-likeness (QED) is 0.366. The number of nitrogens with two attached hydrogens (primary N) is 1. The van der Waals surface area contributed by atoms with E-state index in [1.54, 1.807) is 30.3 Å². The molecule has 0 bridgehead atoms. The first-order valence-corrected chi connectivity index (χ1v) is 8.27. The lowest BCUT2D eigenvalue weighted by atomic mass is 10.0. The molecule has 0 radical (unpaired) electrons. The number of nitriles is 1. The van der Waals surface area contributed by atoms with Crippen LogP contribution < -0.4 is 15.2 Å². The van der Waals surface area contributed by atoms with Gasteiger partial charge < -0.3 is 15.2 Å². The van der Waals surface area contributed by atoms with Crippen molar-refractivity contribution in [3.05, 3.63) is 64.7 Å². The molecule has 6 nitrogen and oxygen atoms in total. The number of methoxy groups -OCH3 is 1. The largest absolute Gasteiger partial charge is 0.493 e. The van der Waals surface area contributed by atoms with E-state index in [1.165, 1.54) is 19.3 Å². The first kappa shape index (κ1) is 19.7. The lowest BCUT2D eigenvalue weighted by Gasteiger charge is -2.11. The van der Waals surface area contributed by atoms with Crippen LogP contribution >= 0.6 is 0 Å². The fourth-order valence-electron chi connectivity index (χ4n) is 2.35. The van der Waals surface area contributed by atoms with Crippen LogP contribution in [-0.4, -0.2) is 19.0 Å². The summed E-state index contributed by atoms with van der Waals surface area (Å²) in [6, 6.07) is 13.6. The number of esters is 1. The molecular weight excluding hydrogens is 344 g/mol. The number of amides is 1. The van der Waals surface area contributed by atoms with Gasteiger partial charge >= 0.3 is 5.97 Å². The second kappa shape index (κ2) is 8.68. The Morgan fingerprint density at radius 3 is 2.30 bits per heavy atom. The van der Waals surface area contributed by atoms with E-state index in [0.717, 1.165) is 5.56 Å². The van der Waals surface area contributed by atoms with Crippen LogP contribution in [0, 0.1) is 11.3 Å². The van der Waals surface area contributed by atoms with Crippen molar-refractivity contribution in [1.29, 1.82) is 5.26 Å². The molecule has 0 aromatic heterocycles. The summed E-state index contributed by atoms with van der Waals surface area (Å²) >= 11 is 0. The highest BCUT2D eigenvalue weighted by atomic mass is 16.6. The van der Waals surface area contributed by atoms with Gasteiger partial charge in [-0.25, -0.2) is 4.79 Å². The summed E-state index contributed by atoms with van der Waals surface area (Å²) in [4.78, 5) is 23.5. The molecule has 0 unspecified atom stereocenters. The molecule has 0 heterocycles. The molecule has 0 atom stereocenters. The number of ether oxygens (including phenoxy) is 2. The molecule has 0 fully saturated rings. The number of hydrogen-bond acceptors (Lipinski definition) is 5. The number of hydrogen-bond donors (Lipinski definition) is 1. The zero-order valence-corrected chi connectivity index (χ0v) is 15.4. The van der Waals surface area contributed by atoms with E-state index in [2.05, 4.69) is 13.8 Å². The number of carbonyl (C=O) groups excluding carboxylic acids is 2. The molecule has 0 saturated heterocycles. The highest BCUT2D eigenvalue weighted by Gasteiger charge is 2.14. The normalized spacial score (nSPS) is 11.0. The number of benzene rings is 2. The third-order valence-electron chi connectivity index (χ3n) is 3.90. The van der Waals surface area contributed by atoms with Gasteiger partial charge in [-0.05, 0) is 47.4 Å². The van der Waals surface area contributed by atoms with Crippen molar-refractivity contribution in [2.75, 3.05) is 7.11 Å². The highest BCUT2D eigenvalue weighted by Crippen LogP contribution is 2.30. The predicted molar refractivity (Wildman–Crippen MR) is 101 cm³/mol. The van der Waals surface area contributed by atoms with Gasteiger partial charge in [0.15, 0.2) is 11.5 Å². The fraction of sp³-hybridized carbons (Fsp3) is 0.190. The van der Waals surface area contributed by atoms with E-state index in [1.807, 2.05) is 12.1 Å². The summed E-state index contributed by atoms with van der Waals surface area (Å²) in [5.41, 5.74) is 7.00. The first-order chi connectivity index (χ1) is 12.8. The Balaban J connectivity index is 2.24. The van der Waals surface area contributed by atoms with Crippen molar-refractivity contribution in [2.45, 2.75) is 19.8 Å². The zero-order chi connectivity index (χ0) is 20.0. The molecule has 0 spiro atoms. The summed E-state index contributed by atoms with van der Waals surface area (Å²) in [6.07, 6.45) is 1.33. The van der Waals surface area contributed by atoms with Gasteiger partial charge in [0.1, 0.15) is 11.6 Å². The minimum atomic E-state index is -0.822. The molecular formula is C21H20N2O4. The van der Waals surface area contributed by atoms with Crippen LogP contribution in [0.1, 0.15) is 41.3 Å². The molecule has 2 aromatic rings. The van der Waals surface area contributed by atoms with Crippen molar-refractivity contribution < 1.29 is 19.1 Å². The van der Waals surface area contributed by atoms with Gasteiger partial charge in [-0.15, -0.1) is 0 Å². The summed E-state index contributed by atoms with van der Waals surface area (Å²) in [7, 11) is 1.43. The smallest absolute Gasteiger partial charge is 0.343 e. The van der Waals surface area contributed by atoms with Crippen LogP contribution in [0.5, 0.6) is 11.5 Å². The molecule has 2 N–H and O–H groups in total. The third-order valence-corrected chi connectivity index (χ3v) is 3.90. The molecule has 1 amide bonds. The summed E-state index contributed by atoms with van der Waals surface area (Å²) in [5, 5.41) is 8.92. The second-order valence-corrected chi connectivity index (χ2v) is 6.11. The van der Waals surface area contributed by atoms with Gasteiger partial charge in [0.05, 0.1) is 12.7 Å². The van der Waals surface area contributed by atoms with Crippen LogP contribution in [0.2, 0.25) is 0 Å². The van der Waals surface area contributed by atoms with Gasteiger partial charge in [0.25, 0.3) is 5.91 Å². The van der Waals surface area contributed by atoms with Gasteiger partial charge in [-0.1, -0.05) is 32.0 Å². The molecule has 27 heavy (non-hydrogen) atoms. The molecule has 0 saturated carbocycles. The molecule has 2 aromatic carbocycles. The maximum Gasteiger partial charge on any atom is 0.343 e. The summed E-state index contributed by atoms with van der Waals surface area (Å²) < 4.78 is 10.7. The van der Waals surface area contributed by atoms with Crippen molar-refractivity contribution in [3.63, 3.8) is 0 Å². The van der Waals surface area contributed by atoms with E-state index < -0.39 is 11.9 Å². The highest BCUT2D eigenvalue weighted by molar-refractivity contribution is 6.00. The van der Waals surface area contributed by atoms with Crippen molar-refractivity contribution in [2.24, 2.45) is 5.73 Å². The van der Waals surface area contributed by atoms with E-state index >= 15 is 0 Å². The lowest BCUT2D eigenvalue weighted by molar-refractivity contribution is -0.114. The van der Waals surface area contributed by atoms with E-state index in [9.17, 15) is 9.59 Å². The Bertz CT molecular complexity index is 922. The molecule has 2 rings (SSSR count). The molecule has 0 aliphatic rings. The van der Waals surface area contributed by atoms with E-state index in [4.69, 9.17) is 20.5 Å². The van der Waals surface area contributed by atoms with Crippen molar-refractivity contribution in [3.8, 4) is 17.6 Å². The van der Waals surface area contributed by atoms with Crippen molar-refractivity contribution >= 4 is 18.0 Å². The van der Waals surface area contributed by atoms with Crippen LogP contribution in [0.3, 0.4) is 0 Å². The third kappa shape index (κ3) is 4.95. The maximum atomic E-state index is 12.4. The van der Waals surface area contributed by atoms with Crippen LogP contribution in [0.4, 0.5) is 0 Å². The number of carbonyl (C=O) groups is 2. The Morgan fingerprint density at radius 1 is 1.11 bits per heavy atom. The molecule has 6 heteroatoms. The van der Waals surface area contributed by atoms with Gasteiger partial charge in [0, 0.05) is 0 Å². The zero-order valence-electron chi connectivity index (χ0n) is 15.4. The first-order valence-electron chi connectivity index (χ1n) is 8.27. The summed E-state index contributed by atoms with van der Waals surface area (Å²) in [5.74, 6) is -0.448. The number of nitrogens with zero attached hydrogens (tertiary/aromatic N) is 1. The van der Waals surface area contributed by atoms with Gasteiger partial charge in [-0.2, -0.15) is 5.26 Å². The van der Waals surface area contributed by atoms with E-state index in [0.29, 0.717) is 17.0 Å². The minimum absolute atomic E-state index is 0.188. The van der Waals surface area contributed by atoms with Crippen LogP contribution in [0.15, 0.2) is 48.0 Å². The van der Waals surface area contributed by atoms with E-state index in [-0.39, 0.29) is 17.1 Å². The average Bonchev–Trinajstić information content (AvgIpc) is 2.66. The average molecular weight is 364 g/mol. The van der Waals surface area contributed by atoms with Crippen LogP contribution in [-0.2, 0) is 4.79 Å². The maximum absolute atomic E-state index is 12.4. The van der Waals surface area contributed by atoms with Gasteiger partial charge in [-0.3, -0.25) is 4.79 Å². The van der Waals surface area contributed by atoms with Crippen LogP contribution in [0.25, 0.3) is 6.08 Å². The molecule has 0 aliphatic carbocycles. The standard InChI is InChI=1S/C21H20N2O4/c1-13(2)15-5-7-16(8-6-15)21(25)27-18-9-4-14(11-19(18)26-3)10-17(12-22)20(23)24/h4-11,13H,1-3H3,(H2,23,24)/b17-10+. The summed E-state index contributed by atoms with van der Waals surface area (Å²) in [6.45, 7) is 4.15. The second-order valence-electron chi connectivity index (χ2n) is 6.11. The Labute approximate surface area is 157 Å². The minimum Gasteiger partial charge on any atom is -0.493 e. The lowest BCUT2D eigenvalue weighted by Crippen LogP contribution is -2.12. The molecule has 138 valence electrons. The SMILES string of the molecule is COc1cc(/C=C(\C#N)C(N)=O)ccc1OC(=O)c1ccc(C(C)C)cc1. The Morgan fingerprint density at radius 2 is 1.78 bits per heavy atom. The van der Waals surface area contributed by atoms with Gasteiger partial charge in [0.2, 0.25) is 0 Å².